The van der Waals surface area contributed by atoms with E-state index in [0.29, 0.717) is 5.69 Å². The van der Waals surface area contributed by atoms with Crippen LogP contribution < -0.4 is 4.74 Å². The number of carbonyl (C=O) groups is 1. The van der Waals surface area contributed by atoms with Crippen LogP contribution in [0.1, 0.15) is 34.9 Å². The zero-order valence-electron chi connectivity index (χ0n) is 17.1. The lowest BCUT2D eigenvalue weighted by Crippen LogP contribution is -2.36. The quantitative estimate of drug-likeness (QED) is 0.727. The highest BCUT2D eigenvalue weighted by Gasteiger charge is 2.23. The summed E-state index contributed by atoms with van der Waals surface area (Å²) < 4.78 is 6.99. The van der Waals surface area contributed by atoms with Gasteiger partial charge in [-0.2, -0.15) is 0 Å². The summed E-state index contributed by atoms with van der Waals surface area (Å²) in [5.74, 6) is 0.634. The summed E-state index contributed by atoms with van der Waals surface area (Å²) in [6.07, 6.45) is 8.10. The van der Waals surface area contributed by atoms with Crippen molar-refractivity contribution in [1.82, 2.24) is 24.8 Å². The second kappa shape index (κ2) is 10.2. The van der Waals surface area contributed by atoms with Crippen molar-refractivity contribution in [3.8, 4) is 5.75 Å². The number of piperidine rings is 1. The predicted octanol–water partition coefficient (Wildman–Crippen LogP) is 1.70. The minimum Gasteiger partial charge on any atom is -0.497 e. The molecule has 0 radical (unpaired) electrons. The Labute approximate surface area is 171 Å². The van der Waals surface area contributed by atoms with Gasteiger partial charge in [0.25, 0.3) is 5.91 Å². The molecule has 1 fully saturated rings. The van der Waals surface area contributed by atoms with E-state index in [9.17, 15) is 4.79 Å². The summed E-state index contributed by atoms with van der Waals surface area (Å²) in [7, 11) is 3.31. The van der Waals surface area contributed by atoms with Crippen molar-refractivity contribution < 1.29 is 14.6 Å². The van der Waals surface area contributed by atoms with E-state index in [2.05, 4.69) is 27.4 Å². The molecule has 0 saturated carbocycles. The number of aliphatic hydroxyl groups is 1. The molecule has 1 aromatic heterocycles. The average Bonchev–Trinajstić information content (AvgIpc) is 3.24. The standard InChI is InChI=1S/C21H29N5O3/c1-24(13-14-27)21(28)20-16-26(23-22-20)18-6-4-12-25(15-18)11-3-5-17-7-9-19(29-2)10-8-17/h3,5,7-10,16,18,27H,4,6,11-15H2,1-2H3. The number of hydrogen-bond acceptors (Lipinski definition) is 6. The summed E-state index contributed by atoms with van der Waals surface area (Å²) in [5, 5.41) is 17.2. The molecule has 8 nitrogen and oxygen atoms in total. The van der Waals surface area contributed by atoms with E-state index in [1.807, 2.05) is 24.3 Å². The molecule has 2 heterocycles. The number of amides is 1. The number of aliphatic hydroxyl groups excluding tert-OH is 1. The molecule has 1 N–H and O–H groups in total. The molecule has 1 unspecified atom stereocenters. The molecule has 1 atom stereocenters. The van der Waals surface area contributed by atoms with Gasteiger partial charge < -0.3 is 14.7 Å². The Morgan fingerprint density at radius 3 is 2.90 bits per heavy atom. The first-order valence-electron chi connectivity index (χ1n) is 9.92. The Bertz CT molecular complexity index is 818. The highest BCUT2D eigenvalue weighted by atomic mass is 16.5. The van der Waals surface area contributed by atoms with Crippen LogP contribution in [0.2, 0.25) is 0 Å². The van der Waals surface area contributed by atoms with Crippen LogP contribution in [0.3, 0.4) is 0 Å². The highest BCUT2D eigenvalue weighted by molar-refractivity contribution is 5.91. The lowest BCUT2D eigenvalue weighted by atomic mass is 10.1. The molecule has 8 heteroatoms. The van der Waals surface area contributed by atoms with Crippen molar-refractivity contribution in [3.63, 3.8) is 0 Å². The molecule has 0 bridgehead atoms. The molecule has 1 amide bonds. The number of hydrogen-bond donors (Lipinski definition) is 1. The molecular weight excluding hydrogens is 370 g/mol. The molecule has 1 aliphatic rings. The molecule has 0 aliphatic carbocycles. The van der Waals surface area contributed by atoms with Gasteiger partial charge in [-0.15, -0.1) is 5.10 Å². The van der Waals surface area contributed by atoms with Gasteiger partial charge in [-0.25, -0.2) is 4.68 Å². The van der Waals surface area contributed by atoms with Crippen LogP contribution >= 0.6 is 0 Å². The topological polar surface area (TPSA) is 83.7 Å². The van der Waals surface area contributed by atoms with Crippen LogP contribution in [0.15, 0.2) is 36.5 Å². The first-order chi connectivity index (χ1) is 14.1. The van der Waals surface area contributed by atoms with Gasteiger partial charge in [-0.05, 0) is 37.1 Å². The maximum atomic E-state index is 12.3. The van der Waals surface area contributed by atoms with Gasteiger partial charge >= 0.3 is 0 Å². The van der Waals surface area contributed by atoms with E-state index in [1.54, 1.807) is 25.0 Å². The molecule has 1 aromatic carbocycles. The fraction of sp³-hybridized carbons (Fsp3) is 0.476. The fourth-order valence-corrected chi connectivity index (χ4v) is 3.47. The van der Waals surface area contributed by atoms with Crippen molar-refractivity contribution in [3.05, 3.63) is 47.8 Å². The molecule has 2 aromatic rings. The maximum absolute atomic E-state index is 12.3. The monoisotopic (exact) mass is 399 g/mol. The van der Waals surface area contributed by atoms with Gasteiger partial charge in [0.2, 0.25) is 0 Å². The summed E-state index contributed by atoms with van der Waals surface area (Å²) >= 11 is 0. The van der Waals surface area contributed by atoms with Gasteiger partial charge in [0.1, 0.15) is 5.75 Å². The second-order valence-electron chi connectivity index (χ2n) is 7.27. The zero-order chi connectivity index (χ0) is 20.6. The van der Waals surface area contributed by atoms with Crippen molar-refractivity contribution in [1.29, 1.82) is 0 Å². The first-order valence-corrected chi connectivity index (χ1v) is 9.92. The number of nitrogens with zero attached hydrogens (tertiary/aromatic N) is 5. The first kappa shape index (κ1) is 21.0. The lowest BCUT2D eigenvalue weighted by Gasteiger charge is -2.31. The van der Waals surface area contributed by atoms with E-state index < -0.39 is 0 Å². The van der Waals surface area contributed by atoms with Crippen LogP contribution in [0, 0.1) is 0 Å². The molecule has 0 spiro atoms. The highest BCUT2D eigenvalue weighted by Crippen LogP contribution is 2.21. The summed E-state index contributed by atoms with van der Waals surface area (Å²) in [6, 6.07) is 8.19. The summed E-state index contributed by atoms with van der Waals surface area (Å²) in [4.78, 5) is 16.1. The third kappa shape index (κ3) is 5.65. The Kier molecular flexibility index (Phi) is 7.37. The van der Waals surface area contributed by atoms with Gasteiger partial charge in [0.15, 0.2) is 5.69 Å². The lowest BCUT2D eigenvalue weighted by molar-refractivity contribution is 0.0761. The number of likely N-dealkylation sites (N-methyl/N-ethyl adjacent to an activating group) is 1. The number of likely N-dealkylation sites (tertiary alicyclic amines) is 1. The molecular formula is C21H29N5O3. The summed E-state index contributed by atoms with van der Waals surface area (Å²) in [5.41, 5.74) is 1.46. The van der Waals surface area contributed by atoms with E-state index >= 15 is 0 Å². The largest absolute Gasteiger partial charge is 0.497 e. The third-order valence-corrected chi connectivity index (χ3v) is 5.16. The minimum absolute atomic E-state index is 0.0714. The van der Waals surface area contributed by atoms with E-state index in [0.717, 1.165) is 43.8 Å². The Morgan fingerprint density at radius 1 is 1.38 bits per heavy atom. The van der Waals surface area contributed by atoms with Crippen molar-refractivity contribution in [2.24, 2.45) is 0 Å². The van der Waals surface area contributed by atoms with E-state index in [1.165, 1.54) is 4.90 Å². The van der Waals surface area contributed by atoms with E-state index in [-0.39, 0.29) is 25.1 Å². The number of aromatic nitrogens is 3. The molecule has 156 valence electrons. The Morgan fingerprint density at radius 2 is 2.17 bits per heavy atom. The predicted molar refractivity (Wildman–Crippen MR) is 111 cm³/mol. The number of carbonyl (C=O) groups excluding carboxylic acids is 1. The molecule has 1 aliphatic heterocycles. The molecule has 1 saturated heterocycles. The van der Waals surface area contributed by atoms with Crippen molar-refractivity contribution >= 4 is 12.0 Å². The Hall–Kier alpha value is -2.71. The normalized spacial score (nSPS) is 17.6. The van der Waals surface area contributed by atoms with Gasteiger partial charge in [-0.1, -0.05) is 29.5 Å². The number of methoxy groups -OCH3 is 1. The Balaban J connectivity index is 1.55. The van der Waals surface area contributed by atoms with Crippen LogP contribution in [0.4, 0.5) is 0 Å². The maximum Gasteiger partial charge on any atom is 0.275 e. The van der Waals surface area contributed by atoms with Crippen LogP contribution in [0.5, 0.6) is 5.75 Å². The van der Waals surface area contributed by atoms with Gasteiger partial charge in [-0.3, -0.25) is 9.69 Å². The van der Waals surface area contributed by atoms with Crippen molar-refractivity contribution in [2.45, 2.75) is 18.9 Å². The van der Waals surface area contributed by atoms with Crippen LogP contribution in [-0.4, -0.2) is 82.8 Å². The van der Waals surface area contributed by atoms with Crippen LogP contribution in [-0.2, 0) is 0 Å². The SMILES string of the molecule is COc1ccc(C=CCN2CCCC(n3cc(C(=O)N(C)CCO)nn3)C2)cc1. The fourth-order valence-electron chi connectivity index (χ4n) is 3.47. The summed E-state index contributed by atoms with van der Waals surface area (Å²) in [6.45, 7) is 2.99. The third-order valence-electron chi connectivity index (χ3n) is 5.16. The number of ether oxygens (including phenoxy) is 1. The zero-order valence-corrected chi connectivity index (χ0v) is 17.1. The minimum atomic E-state index is -0.222. The second-order valence-corrected chi connectivity index (χ2v) is 7.27. The van der Waals surface area contributed by atoms with Crippen LogP contribution in [0.25, 0.3) is 6.08 Å². The molecule has 29 heavy (non-hydrogen) atoms. The van der Waals surface area contributed by atoms with Gasteiger partial charge in [0.05, 0.1) is 26.0 Å². The van der Waals surface area contributed by atoms with E-state index in [4.69, 9.17) is 9.84 Å². The number of rotatable bonds is 8. The average molecular weight is 399 g/mol. The van der Waals surface area contributed by atoms with Gasteiger partial charge in [0, 0.05) is 26.7 Å². The molecule has 3 rings (SSSR count). The number of benzene rings is 1. The van der Waals surface area contributed by atoms with Crippen molar-refractivity contribution in [2.75, 3.05) is 46.9 Å². The smallest absolute Gasteiger partial charge is 0.275 e.